The summed E-state index contributed by atoms with van der Waals surface area (Å²) in [6.45, 7) is 1.24. The van der Waals surface area contributed by atoms with E-state index in [-0.39, 0.29) is 17.9 Å². The Hall–Kier alpha value is -1.33. The van der Waals surface area contributed by atoms with E-state index < -0.39 is 0 Å². The predicted octanol–water partition coefficient (Wildman–Crippen LogP) is 0.388. The Bertz CT molecular complexity index is 345. The van der Waals surface area contributed by atoms with E-state index in [2.05, 4.69) is 4.98 Å². The van der Waals surface area contributed by atoms with Gasteiger partial charge < -0.3 is 15.4 Å². The number of hydrogen-bond acceptors (Lipinski definition) is 4. The summed E-state index contributed by atoms with van der Waals surface area (Å²) in [6.07, 6.45) is 1.59. The zero-order valence-electron chi connectivity index (χ0n) is 8.59. The van der Waals surface area contributed by atoms with E-state index in [1.807, 2.05) is 4.90 Å². The number of hydrogen-bond donors (Lipinski definition) is 1. The Morgan fingerprint density at radius 3 is 3.00 bits per heavy atom. The van der Waals surface area contributed by atoms with Crippen LogP contribution in [0.1, 0.15) is 0 Å². The number of nitrogens with two attached hydrogens (primary N) is 1. The highest BCUT2D eigenvalue weighted by Gasteiger charge is 2.32. The molecule has 0 saturated carbocycles. The van der Waals surface area contributed by atoms with E-state index in [4.69, 9.17) is 10.5 Å². The highest BCUT2D eigenvalue weighted by molar-refractivity contribution is 5.52. The second-order valence-corrected chi connectivity index (χ2v) is 3.67. The third-order valence-corrected chi connectivity index (χ3v) is 2.66. The van der Waals surface area contributed by atoms with Crippen LogP contribution in [0.15, 0.2) is 18.3 Å². The highest BCUT2D eigenvalue weighted by Crippen LogP contribution is 2.27. The molecule has 0 aromatic carbocycles. The summed E-state index contributed by atoms with van der Waals surface area (Å²) >= 11 is 0. The topological polar surface area (TPSA) is 71.3 Å². The Labute approximate surface area is 88.5 Å². The van der Waals surface area contributed by atoms with Crippen LogP contribution in [0.2, 0.25) is 0 Å². The van der Waals surface area contributed by atoms with Crippen LogP contribution in [0.25, 0.3) is 0 Å². The first-order valence-corrected chi connectivity index (χ1v) is 4.87. The molecule has 5 nitrogen and oxygen atoms in total. The fourth-order valence-electron chi connectivity index (χ4n) is 1.84. The predicted molar refractivity (Wildman–Crippen MR) is 55.4 cm³/mol. The van der Waals surface area contributed by atoms with Gasteiger partial charge in [-0.3, -0.25) is 5.11 Å². The van der Waals surface area contributed by atoms with Crippen molar-refractivity contribution in [2.45, 2.75) is 12.1 Å². The molecule has 1 aromatic rings. The number of rotatable bonds is 2. The summed E-state index contributed by atoms with van der Waals surface area (Å²) in [4.78, 5) is 5.94. The van der Waals surface area contributed by atoms with Crippen LogP contribution in [0.4, 0.5) is 5.82 Å². The second-order valence-electron chi connectivity index (χ2n) is 3.67. The standard InChI is InChI=1S/C10H14N3O2/c1-15-9-6-13(5-7(9)11)10-8(14)3-2-4-12-10/h2-4,7,9H,5-6,11H2,1H3. The fraction of sp³-hybridized carbons (Fsp3) is 0.500. The van der Waals surface area contributed by atoms with E-state index in [0.717, 1.165) is 0 Å². The van der Waals surface area contributed by atoms with Gasteiger partial charge in [0.05, 0.1) is 12.1 Å². The molecule has 2 rings (SSSR count). The lowest BCUT2D eigenvalue weighted by Gasteiger charge is -2.16. The second kappa shape index (κ2) is 4.04. The normalized spacial score (nSPS) is 25.9. The molecule has 5 heteroatoms. The molecule has 1 aromatic heterocycles. The van der Waals surface area contributed by atoms with E-state index >= 15 is 0 Å². The Balaban J connectivity index is 2.17. The maximum atomic E-state index is 11.5. The molecule has 1 radical (unpaired) electrons. The number of anilines is 1. The third kappa shape index (κ3) is 1.88. The van der Waals surface area contributed by atoms with Gasteiger partial charge in [0.15, 0.2) is 5.82 Å². The molecular formula is C10H14N3O2. The molecule has 1 fully saturated rings. The number of aromatic nitrogens is 1. The van der Waals surface area contributed by atoms with E-state index in [1.165, 1.54) is 6.07 Å². The molecule has 81 valence electrons. The van der Waals surface area contributed by atoms with Gasteiger partial charge in [0.25, 0.3) is 0 Å². The lowest BCUT2D eigenvalue weighted by Crippen LogP contribution is -2.34. The molecule has 0 amide bonds. The summed E-state index contributed by atoms with van der Waals surface area (Å²) < 4.78 is 5.22. The fourth-order valence-corrected chi connectivity index (χ4v) is 1.84. The lowest BCUT2D eigenvalue weighted by molar-refractivity contribution is 0.108. The molecule has 2 unspecified atom stereocenters. The van der Waals surface area contributed by atoms with Crippen molar-refractivity contribution in [1.82, 2.24) is 4.98 Å². The molecule has 15 heavy (non-hydrogen) atoms. The average Bonchev–Trinajstić information content (AvgIpc) is 2.60. The van der Waals surface area contributed by atoms with E-state index in [0.29, 0.717) is 18.9 Å². The Morgan fingerprint density at radius 1 is 1.60 bits per heavy atom. The van der Waals surface area contributed by atoms with Gasteiger partial charge in [0, 0.05) is 26.4 Å². The molecular weight excluding hydrogens is 194 g/mol. The minimum atomic E-state index is -0.0681. The first-order valence-electron chi connectivity index (χ1n) is 4.87. The van der Waals surface area contributed by atoms with Crippen LogP contribution < -0.4 is 10.6 Å². The number of ether oxygens (including phenoxy) is 1. The van der Waals surface area contributed by atoms with Crippen molar-refractivity contribution in [1.29, 1.82) is 0 Å². The van der Waals surface area contributed by atoms with Crippen molar-refractivity contribution in [3.8, 4) is 5.75 Å². The van der Waals surface area contributed by atoms with Crippen LogP contribution in [-0.4, -0.2) is 37.3 Å². The molecule has 0 aliphatic carbocycles. The van der Waals surface area contributed by atoms with Gasteiger partial charge in [0.1, 0.15) is 0 Å². The van der Waals surface area contributed by atoms with Gasteiger partial charge in [-0.05, 0) is 12.1 Å². The number of methoxy groups -OCH3 is 1. The van der Waals surface area contributed by atoms with Crippen LogP contribution in [-0.2, 0) is 9.84 Å². The molecule has 0 bridgehead atoms. The third-order valence-electron chi connectivity index (χ3n) is 2.66. The van der Waals surface area contributed by atoms with Crippen molar-refractivity contribution in [2.75, 3.05) is 25.1 Å². The number of pyridine rings is 1. The summed E-state index contributed by atoms with van der Waals surface area (Å²) in [5, 5.41) is 11.5. The van der Waals surface area contributed by atoms with Crippen LogP contribution in [0.5, 0.6) is 5.75 Å². The molecule has 2 N–H and O–H groups in total. The van der Waals surface area contributed by atoms with E-state index in [1.54, 1.807) is 19.4 Å². The van der Waals surface area contributed by atoms with Crippen LogP contribution >= 0.6 is 0 Å². The van der Waals surface area contributed by atoms with Crippen molar-refractivity contribution < 1.29 is 9.84 Å². The Morgan fingerprint density at radius 2 is 2.40 bits per heavy atom. The van der Waals surface area contributed by atoms with Crippen LogP contribution in [0.3, 0.4) is 0 Å². The molecule has 1 aliphatic rings. The molecule has 2 heterocycles. The van der Waals surface area contributed by atoms with Crippen molar-refractivity contribution in [3.05, 3.63) is 18.3 Å². The van der Waals surface area contributed by atoms with Crippen molar-refractivity contribution in [2.24, 2.45) is 5.73 Å². The largest absolute Gasteiger partial charge is 0.378 e. The zero-order chi connectivity index (χ0) is 10.8. The summed E-state index contributed by atoms with van der Waals surface area (Å²) in [7, 11) is 1.63. The number of nitrogens with zero attached hydrogens (tertiary/aromatic N) is 2. The SMILES string of the molecule is COC1CN(c2ncccc2[O])CC1N. The maximum Gasteiger partial charge on any atom is 0.220 e. The minimum absolute atomic E-state index is 0.0218. The van der Waals surface area contributed by atoms with Gasteiger partial charge in [-0.15, -0.1) is 0 Å². The van der Waals surface area contributed by atoms with Gasteiger partial charge in [0.2, 0.25) is 5.75 Å². The summed E-state index contributed by atoms with van der Waals surface area (Å²) in [5.74, 6) is 0.397. The minimum Gasteiger partial charge on any atom is -0.378 e. The van der Waals surface area contributed by atoms with Gasteiger partial charge in [-0.1, -0.05) is 0 Å². The van der Waals surface area contributed by atoms with Crippen molar-refractivity contribution >= 4 is 5.82 Å². The maximum absolute atomic E-state index is 11.5. The molecule has 0 spiro atoms. The van der Waals surface area contributed by atoms with Gasteiger partial charge >= 0.3 is 0 Å². The quantitative estimate of drug-likeness (QED) is 0.763. The van der Waals surface area contributed by atoms with Crippen molar-refractivity contribution in [3.63, 3.8) is 0 Å². The lowest BCUT2D eigenvalue weighted by atomic mass is 10.2. The Kier molecular flexibility index (Phi) is 2.75. The first kappa shape index (κ1) is 10.2. The first-order chi connectivity index (χ1) is 7.22. The highest BCUT2D eigenvalue weighted by atomic mass is 16.5. The smallest absolute Gasteiger partial charge is 0.220 e. The molecule has 2 atom stereocenters. The molecule has 1 saturated heterocycles. The average molecular weight is 208 g/mol. The monoisotopic (exact) mass is 208 g/mol. The zero-order valence-corrected chi connectivity index (χ0v) is 8.59. The van der Waals surface area contributed by atoms with Gasteiger partial charge in [-0.2, -0.15) is 0 Å². The summed E-state index contributed by atoms with van der Waals surface area (Å²) in [5.41, 5.74) is 5.87. The molecule has 1 aliphatic heterocycles. The van der Waals surface area contributed by atoms with E-state index in [9.17, 15) is 5.11 Å². The van der Waals surface area contributed by atoms with Crippen LogP contribution in [0, 0.1) is 0 Å². The summed E-state index contributed by atoms with van der Waals surface area (Å²) in [6, 6.07) is 3.08. The van der Waals surface area contributed by atoms with Gasteiger partial charge in [-0.25, -0.2) is 4.98 Å².